The second kappa shape index (κ2) is 5.55. The van der Waals surface area contributed by atoms with Crippen LogP contribution in [0.1, 0.15) is 26.2 Å². The zero-order valence-corrected chi connectivity index (χ0v) is 11.3. The maximum absolute atomic E-state index is 11.3. The van der Waals surface area contributed by atoms with Crippen molar-refractivity contribution in [1.29, 1.82) is 0 Å². The largest absolute Gasteiger partial charge is 0.392 e. The van der Waals surface area contributed by atoms with Crippen LogP contribution in [0.25, 0.3) is 0 Å². The van der Waals surface area contributed by atoms with Crippen molar-refractivity contribution < 1.29 is 14.6 Å². The molecule has 5 heteroatoms. The third kappa shape index (κ3) is 2.39. The van der Waals surface area contributed by atoms with E-state index in [0.29, 0.717) is 13.2 Å². The highest BCUT2D eigenvalue weighted by Gasteiger charge is 2.55. The van der Waals surface area contributed by atoms with Gasteiger partial charge in [-0.2, -0.15) is 0 Å². The van der Waals surface area contributed by atoms with Crippen LogP contribution in [-0.2, 0) is 9.53 Å². The van der Waals surface area contributed by atoms with E-state index in [-0.39, 0.29) is 23.5 Å². The summed E-state index contributed by atoms with van der Waals surface area (Å²) in [6, 6.07) is 0. The minimum absolute atomic E-state index is 0.0464. The number of nitrogens with one attached hydrogen (secondary N) is 1. The van der Waals surface area contributed by atoms with Crippen LogP contribution in [0.4, 0.5) is 0 Å². The first-order valence-corrected chi connectivity index (χ1v) is 6.85. The Morgan fingerprint density at radius 1 is 1.50 bits per heavy atom. The Kier molecular flexibility index (Phi) is 4.25. The molecule has 1 spiro atoms. The van der Waals surface area contributed by atoms with Crippen LogP contribution in [0.2, 0.25) is 0 Å². The quantitative estimate of drug-likeness (QED) is 0.742. The molecule has 104 valence electrons. The van der Waals surface area contributed by atoms with Gasteiger partial charge in [-0.05, 0) is 32.9 Å². The van der Waals surface area contributed by atoms with E-state index in [1.54, 1.807) is 7.05 Å². The van der Waals surface area contributed by atoms with Gasteiger partial charge in [0.1, 0.15) is 0 Å². The zero-order chi connectivity index (χ0) is 13.2. The number of likely N-dealkylation sites (tertiary alicyclic amines) is 1. The number of piperidine rings is 1. The molecule has 1 saturated carbocycles. The smallest absolute Gasteiger partial charge is 0.233 e. The number of ether oxygens (including phenoxy) is 1. The van der Waals surface area contributed by atoms with Gasteiger partial charge in [-0.15, -0.1) is 0 Å². The molecule has 1 saturated heterocycles. The molecule has 1 amide bonds. The molecule has 0 radical (unpaired) electrons. The van der Waals surface area contributed by atoms with Crippen molar-refractivity contribution in [2.24, 2.45) is 5.41 Å². The van der Waals surface area contributed by atoms with Gasteiger partial charge < -0.3 is 15.2 Å². The number of nitrogens with zero attached hydrogens (tertiary/aromatic N) is 1. The summed E-state index contributed by atoms with van der Waals surface area (Å²) in [6.45, 7) is 4.91. The lowest BCUT2D eigenvalue weighted by atomic mass is 9.58. The first kappa shape index (κ1) is 13.8. The topological polar surface area (TPSA) is 61.8 Å². The van der Waals surface area contributed by atoms with Crippen molar-refractivity contribution in [3.05, 3.63) is 0 Å². The molecule has 0 aromatic carbocycles. The molecule has 1 aliphatic heterocycles. The van der Waals surface area contributed by atoms with Crippen LogP contribution >= 0.6 is 0 Å². The average molecular weight is 256 g/mol. The summed E-state index contributed by atoms with van der Waals surface area (Å²) in [6.07, 6.45) is 2.60. The number of aliphatic hydroxyl groups excluding tert-OH is 1. The van der Waals surface area contributed by atoms with Crippen LogP contribution in [0.5, 0.6) is 0 Å². The first-order valence-electron chi connectivity index (χ1n) is 6.85. The Morgan fingerprint density at radius 3 is 2.67 bits per heavy atom. The standard InChI is InChI=1S/C13H24N2O3/c1-3-18-11-8-10(16)13(11)4-6-15(7-5-13)9-12(17)14-2/h10-11,16H,3-9H2,1-2H3,(H,14,17)/t10-,11-/m0/s1. The van der Waals surface area contributed by atoms with Crippen molar-refractivity contribution in [3.63, 3.8) is 0 Å². The number of amides is 1. The molecule has 0 aromatic rings. The number of rotatable bonds is 4. The summed E-state index contributed by atoms with van der Waals surface area (Å²) >= 11 is 0. The van der Waals surface area contributed by atoms with Gasteiger partial charge >= 0.3 is 0 Å². The third-order valence-electron chi connectivity index (χ3n) is 4.54. The molecule has 1 heterocycles. The second-order valence-electron chi connectivity index (χ2n) is 5.38. The van der Waals surface area contributed by atoms with Crippen molar-refractivity contribution in [3.8, 4) is 0 Å². The molecule has 0 bridgehead atoms. The number of aliphatic hydroxyl groups is 1. The molecule has 0 aromatic heterocycles. The molecule has 2 rings (SSSR count). The van der Waals surface area contributed by atoms with E-state index in [1.165, 1.54) is 0 Å². The maximum atomic E-state index is 11.3. The van der Waals surface area contributed by atoms with Gasteiger partial charge in [0.05, 0.1) is 18.8 Å². The summed E-state index contributed by atoms with van der Waals surface area (Å²) in [5, 5.41) is 12.7. The lowest BCUT2D eigenvalue weighted by Gasteiger charge is -2.56. The number of likely N-dealkylation sites (N-methyl/N-ethyl adjacent to an activating group) is 1. The van der Waals surface area contributed by atoms with Gasteiger partial charge in [0.15, 0.2) is 0 Å². The van der Waals surface area contributed by atoms with Gasteiger partial charge in [0, 0.05) is 25.5 Å². The van der Waals surface area contributed by atoms with Gasteiger partial charge in [0.2, 0.25) is 5.91 Å². The summed E-state index contributed by atoms with van der Waals surface area (Å²) in [4.78, 5) is 13.5. The number of hydrogen-bond acceptors (Lipinski definition) is 4. The molecule has 2 N–H and O–H groups in total. The maximum Gasteiger partial charge on any atom is 0.233 e. The minimum Gasteiger partial charge on any atom is -0.392 e. The highest BCUT2D eigenvalue weighted by molar-refractivity contribution is 5.77. The fourth-order valence-corrected chi connectivity index (χ4v) is 3.23. The van der Waals surface area contributed by atoms with E-state index in [2.05, 4.69) is 10.2 Å². The lowest BCUT2D eigenvalue weighted by molar-refractivity contribution is -0.209. The highest BCUT2D eigenvalue weighted by Crippen LogP contribution is 2.50. The summed E-state index contributed by atoms with van der Waals surface area (Å²) in [5.41, 5.74) is -0.0464. The van der Waals surface area contributed by atoms with E-state index in [4.69, 9.17) is 4.74 Å². The van der Waals surface area contributed by atoms with Crippen LogP contribution in [0.15, 0.2) is 0 Å². The predicted octanol–water partition coefficient (Wildman–Crippen LogP) is -0.0157. The summed E-state index contributed by atoms with van der Waals surface area (Å²) in [7, 11) is 1.66. The van der Waals surface area contributed by atoms with Crippen LogP contribution in [-0.4, -0.2) is 61.4 Å². The third-order valence-corrected chi connectivity index (χ3v) is 4.54. The lowest BCUT2D eigenvalue weighted by Crippen LogP contribution is -2.62. The summed E-state index contributed by atoms with van der Waals surface area (Å²) in [5.74, 6) is 0.0569. The van der Waals surface area contributed by atoms with Gasteiger partial charge in [-0.3, -0.25) is 9.69 Å². The molecule has 1 aliphatic carbocycles. The Morgan fingerprint density at radius 2 is 2.17 bits per heavy atom. The first-order chi connectivity index (χ1) is 8.62. The Balaban J connectivity index is 1.86. The molecular formula is C13H24N2O3. The van der Waals surface area contributed by atoms with Crippen LogP contribution in [0, 0.1) is 5.41 Å². The highest BCUT2D eigenvalue weighted by atomic mass is 16.5. The minimum atomic E-state index is -0.226. The molecule has 2 aliphatic rings. The van der Waals surface area contributed by atoms with E-state index < -0.39 is 0 Å². The van der Waals surface area contributed by atoms with Crippen molar-refractivity contribution >= 4 is 5.91 Å². The average Bonchev–Trinajstić information content (AvgIpc) is 2.39. The van der Waals surface area contributed by atoms with E-state index in [0.717, 1.165) is 32.4 Å². The Bertz CT molecular complexity index is 299. The van der Waals surface area contributed by atoms with E-state index in [1.807, 2.05) is 6.92 Å². The molecule has 0 unspecified atom stereocenters. The number of carbonyl (C=O) groups excluding carboxylic acids is 1. The number of carbonyl (C=O) groups is 1. The van der Waals surface area contributed by atoms with E-state index >= 15 is 0 Å². The molecule has 2 atom stereocenters. The molecular weight excluding hydrogens is 232 g/mol. The van der Waals surface area contributed by atoms with Crippen molar-refractivity contribution in [1.82, 2.24) is 10.2 Å². The van der Waals surface area contributed by atoms with Crippen LogP contribution < -0.4 is 5.32 Å². The van der Waals surface area contributed by atoms with Crippen molar-refractivity contribution in [2.45, 2.75) is 38.4 Å². The normalized spacial score (nSPS) is 31.1. The molecule has 2 fully saturated rings. The SMILES string of the molecule is CCO[C@H]1C[C@H](O)C12CCN(CC(=O)NC)CC2. The molecule has 5 nitrogen and oxygen atoms in total. The van der Waals surface area contributed by atoms with Gasteiger partial charge in [0.25, 0.3) is 0 Å². The fraction of sp³-hybridized carbons (Fsp3) is 0.923. The fourth-order valence-electron chi connectivity index (χ4n) is 3.23. The number of hydrogen-bond donors (Lipinski definition) is 2. The van der Waals surface area contributed by atoms with Crippen molar-refractivity contribution in [2.75, 3.05) is 33.3 Å². The second-order valence-corrected chi connectivity index (χ2v) is 5.38. The Labute approximate surface area is 108 Å². The van der Waals surface area contributed by atoms with E-state index in [9.17, 15) is 9.90 Å². The predicted molar refractivity (Wildman–Crippen MR) is 68.2 cm³/mol. The Hall–Kier alpha value is -0.650. The van der Waals surface area contributed by atoms with Gasteiger partial charge in [-0.25, -0.2) is 0 Å². The zero-order valence-electron chi connectivity index (χ0n) is 11.3. The van der Waals surface area contributed by atoms with Crippen LogP contribution in [0.3, 0.4) is 0 Å². The molecule has 18 heavy (non-hydrogen) atoms. The van der Waals surface area contributed by atoms with Gasteiger partial charge in [-0.1, -0.05) is 0 Å². The monoisotopic (exact) mass is 256 g/mol. The summed E-state index contributed by atoms with van der Waals surface area (Å²) < 4.78 is 5.72.